The first-order valence-electron chi connectivity index (χ1n) is 10.9. The molecule has 2 aromatic rings. The van der Waals surface area contributed by atoms with Crippen molar-refractivity contribution in [1.82, 2.24) is 15.5 Å². The van der Waals surface area contributed by atoms with Gasteiger partial charge in [-0.25, -0.2) is 0 Å². The minimum atomic E-state index is -0.0597. The molecule has 0 aliphatic heterocycles. The van der Waals surface area contributed by atoms with Crippen molar-refractivity contribution in [1.29, 1.82) is 0 Å². The van der Waals surface area contributed by atoms with Gasteiger partial charge in [-0.2, -0.15) is 0 Å². The zero-order valence-corrected chi connectivity index (χ0v) is 22.4. The van der Waals surface area contributed by atoms with Crippen LogP contribution in [-0.4, -0.2) is 51.1 Å². The molecule has 2 N–H and O–H groups in total. The molecule has 1 aromatic carbocycles. The van der Waals surface area contributed by atoms with Gasteiger partial charge in [0.2, 0.25) is 0 Å². The van der Waals surface area contributed by atoms with E-state index in [1.165, 1.54) is 41.9 Å². The van der Waals surface area contributed by atoms with Gasteiger partial charge in [0, 0.05) is 44.5 Å². The third-order valence-electron chi connectivity index (χ3n) is 5.89. The number of nitrogens with zero attached hydrogens (tertiary/aromatic N) is 2. The number of ether oxygens (including phenoxy) is 1. The quantitative estimate of drug-likeness (QED) is 0.281. The Kier molecular flexibility index (Phi) is 10.8. The Labute approximate surface area is 212 Å². The van der Waals surface area contributed by atoms with E-state index in [4.69, 9.17) is 4.74 Å². The zero-order chi connectivity index (χ0) is 22.1. The van der Waals surface area contributed by atoms with Gasteiger partial charge in [-0.05, 0) is 42.0 Å². The predicted molar refractivity (Wildman–Crippen MR) is 143 cm³/mol. The minimum absolute atomic E-state index is 0. The van der Waals surface area contributed by atoms with E-state index in [2.05, 4.69) is 33.1 Å². The van der Waals surface area contributed by atoms with E-state index in [0.717, 1.165) is 18.1 Å². The molecule has 1 aliphatic rings. The number of benzene rings is 1. The van der Waals surface area contributed by atoms with Crippen LogP contribution in [0.4, 0.5) is 0 Å². The Morgan fingerprint density at radius 2 is 1.94 bits per heavy atom. The van der Waals surface area contributed by atoms with Crippen molar-refractivity contribution in [2.24, 2.45) is 4.99 Å². The van der Waals surface area contributed by atoms with Crippen LogP contribution in [-0.2, 0) is 16.8 Å². The fourth-order valence-electron chi connectivity index (χ4n) is 4.00. The molecular weight excluding hydrogens is 535 g/mol. The molecule has 3 rings (SSSR count). The van der Waals surface area contributed by atoms with Crippen LogP contribution in [0.5, 0.6) is 5.75 Å². The first-order valence-corrected chi connectivity index (χ1v) is 11.8. The Balaban J connectivity index is 0.00000363. The Morgan fingerprint density at radius 1 is 1.16 bits per heavy atom. The van der Waals surface area contributed by atoms with Crippen molar-refractivity contribution in [3.63, 3.8) is 0 Å². The third-order valence-corrected chi connectivity index (χ3v) is 7.01. The molecular formula is C24H35IN4O2S. The average Bonchev–Trinajstić information content (AvgIpc) is 3.34. The summed E-state index contributed by atoms with van der Waals surface area (Å²) in [5, 5.41) is 9.16. The van der Waals surface area contributed by atoms with Crippen molar-refractivity contribution in [2.45, 2.75) is 44.1 Å². The maximum atomic E-state index is 11.7. The van der Waals surface area contributed by atoms with E-state index in [1.54, 1.807) is 21.1 Å². The lowest BCUT2D eigenvalue weighted by molar-refractivity contribution is -0.130. The number of halogens is 1. The van der Waals surface area contributed by atoms with Gasteiger partial charge in [0.15, 0.2) is 12.6 Å². The number of rotatable bonds is 8. The lowest BCUT2D eigenvalue weighted by atomic mass is 9.73. The number of hydrogen-bond donors (Lipinski definition) is 2. The summed E-state index contributed by atoms with van der Waals surface area (Å²) in [4.78, 5) is 19.2. The van der Waals surface area contributed by atoms with E-state index < -0.39 is 0 Å². The van der Waals surface area contributed by atoms with Crippen LogP contribution >= 0.6 is 35.3 Å². The molecule has 0 spiro atoms. The van der Waals surface area contributed by atoms with Gasteiger partial charge in [-0.3, -0.25) is 9.79 Å². The van der Waals surface area contributed by atoms with Crippen molar-refractivity contribution in [2.75, 3.05) is 34.3 Å². The van der Waals surface area contributed by atoms with Crippen LogP contribution in [0.15, 0.2) is 46.8 Å². The molecule has 1 fully saturated rings. The predicted octanol–water partition coefficient (Wildman–Crippen LogP) is 4.40. The highest BCUT2D eigenvalue weighted by Crippen LogP contribution is 2.41. The summed E-state index contributed by atoms with van der Waals surface area (Å²) in [6, 6.07) is 12.2. The SMILES string of the molecule is CN=C(NCc1cccc(OCC(=O)N(C)C)c1)NCC1(c2cccs2)CCCCC1.I. The molecule has 0 bridgehead atoms. The van der Waals surface area contributed by atoms with Crippen LogP contribution in [0.2, 0.25) is 0 Å². The van der Waals surface area contributed by atoms with Crippen LogP contribution < -0.4 is 15.4 Å². The average molecular weight is 571 g/mol. The van der Waals surface area contributed by atoms with Gasteiger partial charge in [-0.1, -0.05) is 37.5 Å². The van der Waals surface area contributed by atoms with Gasteiger partial charge < -0.3 is 20.3 Å². The Hall–Kier alpha value is -1.81. The van der Waals surface area contributed by atoms with E-state index in [9.17, 15) is 4.79 Å². The van der Waals surface area contributed by atoms with Gasteiger partial charge in [0.1, 0.15) is 5.75 Å². The van der Waals surface area contributed by atoms with Crippen LogP contribution in [0.1, 0.15) is 42.5 Å². The van der Waals surface area contributed by atoms with E-state index in [-0.39, 0.29) is 41.9 Å². The van der Waals surface area contributed by atoms with Crippen LogP contribution in [0.3, 0.4) is 0 Å². The number of hydrogen-bond acceptors (Lipinski definition) is 4. The molecule has 0 saturated heterocycles. The molecule has 0 radical (unpaired) electrons. The highest BCUT2D eigenvalue weighted by atomic mass is 127. The third kappa shape index (κ3) is 7.37. The zero-order valence-electron chi connectivity index (χ0n) is 19.2. The number of likely N-dealkylation sites (N-methyl/N-ethyl adjacent to an activating group) is 1. The highest BCUT2D eigenvalue weighted by molar-refractivity contribution is 14.0. The first-order chi connectivity index (χ1) is 15.0. The molecule has 1 aromatic heterocycles. The fraction of sp³-hybridized carbons (Fsp3) is 0.500. The van der Waals surface area contributed by atoms with E-state index in [0.29, 0.717) is 12.3 Å². The maximum Gasteiger partial charge on any atom is 0.259 e. The van der Waals surface area contributed by atoms with Crippen molar-refractivity contribution in [3.05, 3.63) is 52.2 Å². The molecule has 176 valence electrons. The number of carbonyl (C=O) groups excluding carboxylic acids is 1. The van der Waals surface area contributed by atoms with Crippen molar-refractivity contribution < 1.29 is 9.53 Å². The maximum absolute atomic E-state index is 11.7. The normalized spacial score (nSPS) is 15.4. The van der Waals surface area contributed by atoms with E-state index >= 15 is 0 Å². The first kappa shape index (κ1) is 26.4. The molecule has 32 heavy (non-hydrogen) atoms. The minimum Gasteiger partial charge on any atom is -0.484 e. The lowest BCUT2D eigenvalue weighted by Gasteiger charge is -2.37. The smallest absolute Gasteiger partial charge is 0.259 e. The number of nitrogens with one attached hydrogen (secondary N) is 2. The highest BCUT2D eigenvalue weighted by Gasteiger charge is 2.34. The molecule has 6 nitrogen and oxygen atoms in total. The Morgan fingerprint density at radius 3 is 2.59 bits per heavy atom. The summed E-state index contributed by atoms with van der Waals surface area (Å²) < 4.78 is 5.62. The fourth-order valence-corrected chi connectivity index (χ4v) is 4.99. The van der Waals surface area contributed by atoms with Gasteiger partial charge in [-0.15, -0.1) is 35.3 Å². The molecule has 1 heterocycles. The number of carbonyl (C=O) groups is 1. The second kappa shape index (κ2) is 13.0. The summed E-state index contributed by atoms with van der Waals surface area (Å²) in [7, 11) is 5.25. The molecule has 8 heteroatoms. The summed E-state index contributed by atoms with van der Waals surface area (Å²) in [5.74, 6) is 1.43. The number of amides is 1. The Bertz CT molecular complexity index is 865. The van der Waals surface area contributed by atoms with E-state index in [1.807, 2.05) is 35.6 Å². The lowest BCUT2D eigenvalue weighted by Crippen LogP contribution is -2.46. The summed E-state index contributed by atoms with van der Waals surface area (Å²) in [5.41, 5.74) is 1.28. The second-order valence-corrected chi connectivity index (χ2v) is 9.27. The number of thiophene rings is 1. The standard InChI is InChI=1S/C24H34N4O2S.HI/c1-25-23(27-18-24(12-5-4-6-13-24)21-11-8-14-31-21)26-16-19-9-7-10-20(15-19)30-17-22(29)28(2)3;/h7-11,14-15H,4-6,12-13,16-18H2,1-3H3,(H2,25,26,27);1H. The van der Waals surface area contributed by atoms with Gasteiger partial charge in [0.05, 0.1) is 0 Å². The monoisotopic (exact) mass is 570 g/mol. The molecule has 1 aliphatic carbocycles. The second-order valence-electron chi connectivity index (χ2n) is 8.32. The summed E-state index contributed by atoms with van der Waals surface area (Å²) in [6.07, 6.45) is 6.35. The van der Waals surface area contributed by atoms with Crippen LogP contribution in [0.25, 0.3) is 0 Å². The molecule has 0 unspecified atom stereocenters. The van der Waals surface area contributed by atoms with Crippen molar-refractivity contribution >= 4 is 47.2 Å². The largest absolute Gasteiger partial charge is 0.484 e. The molecule has 0 atom stereocenters. The molecule has 1 saturated carbocycles. The van der Waals surface area contributed by atoms with Crippen LogP contribution in [0, 0.1) is 0 Å². The van der Waals surface area contributed by atoms with Gasteiger partial charge >= 0.3 is 0 Å². The number of aliphatic imine (C=N–C) groups is 1. The molecule has 1 amide bonds. The topological polar surface area (TPSA) is 66.0 Å². The van der Waals surface area contributed by atoms with Crippen molar-refractivity contribution in [3.8, 4) is 5.75 Å². The summed E-state index contributed by atoms with van der Waals surface area (Å²) in [6.45, 7) is 1.56. The summed E-state index contributed by atoms with van der Waals surface area (Å²) >= 11 is 1.87. The number of guanidine groups is 1. The van der Waals surface area contributed by atoms with Gasteiger partial charge in [0.25, 0.3) is 5.91 Å².